The Morgan fingerprint density at radius 2 is 1.75 bits per heavy atom. The summed E-state index contributed by atoms with van der Waals surface area (Å²) in [4.78, 5) is 11.9. The van der Waals surface area contributed by atoms with Gasteiger partial charge in [-0.25, -0.2) is 9.18 Å². The summed E-state index contributed by atoms with van der Waals surface area (Å²) in [7, 11) is 0. The molecular weight excluding hydrogens is 311 g/mol. The summed E-state index contributed by atoms with van der Waals surface area (Å²) in [5.74, 6) is -1.10. The third-order valence-electron chi connectivity index (χ3n) is 3.62. The Morgan fingerprint density at radius 1 is 1.08 bits per heavy atom. The topological polar surface area (TPSA) is 59.7 Å². The molecule has 0 aliphatic heterocycles. The SMILES string of the molecule is Cc1c(O)c(OCc2ccccc2)c(-c2ccccc2F)oc1=O. The molecule has 0 spiro atoms. The molecule has 0 unspecified atom stereocenters. The predicted molar refractivity (Wildman–Crippen MR) is 87.5 cm³/mol. The minimum atomic E-state index is -0.738. The van der Waals surface area contributed by atoms with E-state index in [1.165, 1.54) is 25.1 Å². The van der Waals surface area contributed by atoms with E-state index in [9.17, 15) is 14.3 Å². The molecule has 0 atom stereocenters. The van der Waals surface area contributed by atoms with E-state index in [2.05, 4.69) is 0 Å². The molecule has 0 bridgehead atoms. The minimum absolute atomic E-state index is 0.0122. The Bertz CT molecular complexity index is 916. The molecule has 3 aromatic rings. The zero-order chi connectivity index (χ0) is 17.1. The van der Waals surface area contributed by atoms with Crippen LogP contribution in [0, 0.1) is 12.7 Å². The molecule has 1 aromatic heterocycles. The molecule has 0 saturated carbocycles. The van der Waals surface area contributed by atoms with Crippen molar-refractivity contribution in [2.75, 3.05) is 0 Å². The van der Waals surface area contributed by atoms with Crippen LogP contribution in [0.15, 0.2) is 63.8 Å². The van der Waals surface area contributed by atoms with Crippen molar-refractivity contribution in [3.63, 3.8) is 0 Å². The lowest BCUT2D eigenvalue weighted by atomic mass is 10.1. The summed E-state index contributed by atoms with van der Waals surface area (Å²) in [6.45, 7) is 1.56. The van der Waals surface area contributed by atoms with Gasteiger partial charge in [0.25, 0.3) is 0 Å². The highest BCUT2D eigenvalue weighted by Crippen LogP contribution is 2.39. The number of hydrogen-bond donors (Lipinski definition) is 1. The van der Waals surface area contributed by atoms with Crippen LogP contribution in [0.3, 0.4) is 0 Å². The summed E-state index contributed by atoms with van der Waals surface area (Å²) in [5, 5.41) is 10.3. The molecule has 1 N–H and O–H groups in total. The summed E-state index contributed by atoms with van der Waals surface area (Å²) in [6, 6.07) is 15.1. The van der Waals surface area contributed by atoms with Gasteiger partial charge in [0.15, 0.2) is 11.5 Å². The Morgan fingerprint density at radius 3 is 2.46 bits per heavy atom. The monoisotopic (exact) mass is 326 g/mol. The van der Waals surface area contributed by atoms with Crippen LogP contribution in [0.1, 0.15) is 11.1 Å². The zero-order valence-electron chi connectivity index (χ0n) is 13.0. The molecule has 0 aliphatic rings. The normalized spacial score (nSPS) is 10.6. The Balaban J connectivity index is 2.08. The van der Waals surface area contributed by atoms with Crippen LogP contribution < -0.4 is 10.4 Å². The molecule has 0 fully saturated rings. The van der Waals surface area contributed by atoms with Crippen LogP contribution in [-0.4, -0.2) is 5.11 Å². The molecular formula is C19H15FO4. The Hall–Kier alpha value is -3.08. The predicted octanol–water partition coefficient (Wildman–Crippen LogP) is 4.04. The average Bonchev–Trinajstić information content (AvgIpc) is 2.60. The molecule has 24 heavy (non-hydrogen) atoms. The maximum atomic E-state index is 14.1. The molecule has 1 heterocycles. The number of aromatic hydroxyl groups is 1. The molecule has 3 rings (SSSR count). The maximum absolute atomic E-state index is 14.1. The molecule has 0 amide bonds. The number of ether oxygens (including phenoxy) is 1. The second-order valence-corrected chi connectivity index (χ2v) is 5.28. The Kier molecular flexibility index (Phi) is 4.33. The van der Waals surface area contributed by atoms with Crippen molar-refractivity contribution >= 4 is 0 Å². The van der Waals surface area contributed by atoms with Gasteiger partial charge in [-0.3, -0.25) is 0 Å². The van der Waals surface area contributed by atoms with E-state index < -0.39 is 11.4 Å². The summed E-state index contributed by atoms with van der Waals surface area (Å²) in [6.07, 6.45) is 0. The first-order valence-corrected chi connectivity index (χ1v) is 7.36. The molecule has 0 radical (unpaired) electrons. The molecule has 0 aliphatic carbocycles. The summed E-state index contributed by atoms with van der Waals surface area (Å²) >= 11 is 0. The fourth-order valence-electron chi connectivity index (χ4n) is 2.28. The maximum Gasteiger partial charge on any atom is 0.343 e. The van der Waals surface area contributed by atoms with Crippen molar-refractivity contribution in [2.45, 2.75) is 13.5 Å². The van der Waals surface area contributed by atoms with Crippen molar-refractivity contribution in [3.05, 3.63) is 82.0 Å². The average molecular weight is 326 g/mol. The van der Waals surface area contributed by atoms with Crippen LogP contribution in [0.25, 0.3) is 11.3 Å². The first kappa shape index (κ1) is 15.8. The van der Waals surface area contributed by atoms with Crippen LogP contribution in [0.2, 0.25) is 0 Å². The summed E-state index contributed by atoms with van der Waals surface area (Å²) in [5.41, 5.74) is 0.184. The van der Waals surface area contributed by atoms with Gasteiger partial charge in [0, 0.05) is 0 Å². The molecule has 4 nitrogen and oxygen atoms in total. The van der Waals surface area contributed by atoms with Gasteiger partial charge in [-0.2, -0.15) is 0 Å². The Labute approximate surface area is 137 Å². The van der Waals surface area contributed by atoms with Crippen LogP contribution in [-0.2, 0) is 6.61 Å². The van der Waals surface area contributed by atoms with Gasteiger partial charge < -0.3 is 14.3 Å². The van der Waals surface area contributed by atoms with E-state index in [0.717, 1.165) is 5.56 Å². The number of benzene rings is 2. The second kappa shape index (κ2) is 6.58. The van der Waals surface area contributed by atoms with Crippen LogP contribution >= 0.6 is 0 Å². The van der Waals surface area contributed by atoms with Gasteiger partial charge in [-0.15, -0.1) is 0 Å². The number of hydrogen-bond acceptors (Lipinski definition) is 4. The largest absolute Gasteiger partial charge is 0.504 e. The fourth-order valence-corrected chi connectivity index (χ4v) is 2.28. The van der Waals surface area contributed by atoms with Gasteiger partial charge in [-0.05, 0) is 24.6 Å². The lowest BCUT2D eigenvalue weighted by Gasteiger charge is -2.13. The van der Waals surface area contributed by atoms with Crippen LogP contribution in [0.5, 0.6) is 11.5 Å². The third kappa shape index (κ3) is 3.01. The quantitative estimate of drug-likeness (QED) is 0.786. The second-order valence-electron chi connectivity index (χ2n) is 5.28. The fraction of sp³-hybridized carbons (Fsp3) is 0.105. The van der Waals surface area contributed by atoms with Crippen molar-refractivity contribution < 1.29 is 18.7 Å². The first-order chi connectivity index (χ1) is 11.6. The van der Waals surface area contributed by atoms with E-state index in [-0.39, 0.29) is 35.0 Å². The van der Waals surface area contributed by atoms with Gasteiger partial charge in [0.1, 0.15) is 12.4 Å². The van der Waals surface area contributed by atoms with Crippen molar-refractivity contribution in [1.82, 2.24) is 0 Å². The van der Waals surface area contributed by atoms with Crippen molar-refractivity contribution in [1.29, 1.82) is 0 Å². The van der Waals surface area contributed by atoms with Gasteiger partial charge in [-0.1, -0.05) is 42.5 Å². The van der Waals surface area contributed by atoms with Crippen molar-refractivity contribution in [3.8, 4) is 22.8 Å². The van der Waals surface area contributed by atoms with E-state index >= 15 is 0 Å². The lowest BCUT2D eigenvalue weighted by molar-refractivity contribution is 0.277. The highest BCUT2D eigenvalue weighted by atomic mass is 19.1. The number of halogens is 1. The molecule has 122 valence electrons. The number of rotatable bonds is 4. The highest BCUT2D eigenvalue weighted by Gasteiger charge is 2.22. The van der Waals surface area contributed by atoms with E-state index in [4.69, 9.17) is 9.15 Å². The van der Waals surface area contributed by atoms with Crippen molar-refractivity contribution in [2.24, 2.45) is 0 Å². The van der Waals surface area contributed by atoms with E-state index in [1.54, 1.807) is 6.07 Å². The van der Waals surface area contributed by atoms with Gasteiger partial charge >= 0.3 is 5.63 Å². The first-order valence-electron chi connectivity index (χ1n) is 7.36. The molecule has 0 saturated heterocycles. The molecule has 2 aromatic carbocycles. The van der Waals surface area contributed by atoms with E-state index in [0.29, 0.717) is 0 Å². The molecule has 5 heteroatoms. The van der Waals surface area contributed by atoms with E-state index in [1.807, 2.05) is 30.3 Å². The zero-order valence-corrected chi connectivity index (χ0v) is 13.0. The standard InChI is InChI=1S/C19H15FO4/c1-12-16(21)18(23-11-13-7-3-2-4-8-13)17(24-19(12)22)14-9-5-6-10-15(14)20/h2-10,21H,11H2,1H3. The third-order valence-corrected chi connectivity index (χ3v) is 3.62. The van der Waals surface area contributed by atoms with Crippen LogP contribution in [0.4, 0.5) is 4.39 Å². The smallest absolute Gasteiger partial charge is 0.343 e. The van der Waals surface area contributed by atoms with Gasteiger partial charge in [0.2, 0.25) is 5.75 Å². The van der Waals surface area contributed by atoms with Gasteiger partial charge in [0.05, 0.1) is 11.1 Å². The minimum Gasteiger partial charge on any atom is -0.504 e. The highest BCUT2D eigenvalue weighted by molar-refractivity contribution is 5.69. The lowest BCUT2D eigenvalue weighted by Crippen LogP contribution is -2.08. The summed E-state index contributed by atoms with van der Waals surface area (Å²) < 4.78 is 24.9.